The third-order valence-corrected chi connectivity index (χ3v) is 7.78. The first-order valence-corrected chi connectivity index (χ1v) is 17.0. The van der Waals surface area contributed by atoms with Crippen molar-refractivity contribution in [1.29, 1.82) is 0 Å². The Morgan fingerprint density at radius 1 is 0.229 bits per heavy atom. The molecule has 0 aromatic heterocycles. The molecular weight excluding hydrogens is 424 g/mol. The Balaban J connectivity index is 3.00. The van der Waals surface area contributed by atoms with E-state index in [0.717, 1.165) is 13.2 Å². The summed E-state index contributed by atoms with van der Waals surface area (Å²) in [6, 6.07) is 0. The average Bonchev–Trinajstić information content (AvgIpc) is 2.87. The summed E-state index contributed by atoms with van der Waals surface area (Å²) in [5.41, 5.74) is 0. The highest BCUT2D eigenvalue weighted by atomic mass is 16.5. The van der Waals surface area contributed by atoms with Crippen molar-refractivity contribution < 1.29 is 4.74 Å². The molecule has 0 aliphatic heterocycles. The third-order valence-electron chi connectivity index (χ3n) is 7.78. The van der Waals surface area contributed by atoms with Gasteiger partial charge in [-0.25, -0.2) is 0 Å². The second kappa shape index (κ2) is 34.0. The molecule has 0 saturated heterocycles. The number of hydrogen-bond acceptors (Lipinski definition) is 1. The normalized spacial score (nSPS) is 11.5. The first kappa shape index (κ1) is 35.0. The fourth-order valence-electron chi connectivity index (χ4n) is 5.25. The van der Waals surface area contributed by atoms with Gasteiger partial charge in [0.15, 0.2) is 0 Å². The number of hydrogen-bond donors (Lipinski definition) is 0. The van der Waals surface area contributed by atoms with E-state index in [-0.39, 0.29) is 0 Å². The summed E-state index contributed by atoms with van der Waals surface area (Å²) >= 11 is 0. The molecule has 35 heavy (non-hydrogen) atoms. The molecule has 0 amide bonds. The summed E-state index contributed by atoms with van der Waals surface area (Å²) in [5, 5.41) is 0. The van der Waals surface area contributed by atoms with E-state index >= 15 is 0 Å². The van der Waals surface area contributed by atoms with E-state index in [0.29, 0.717) is 0 Å². The smallest absolute Gasteiger partial charge is 0.0466 e. The van der Waals surface area contributed by atoms with Crippen molar-refractivity contribution in [3.8, 4) is 0 Å². The van der Waals surface area contributed by atoms with Gasteiger partial charge in [-0.3, -0.25) is 0 Å². The molecule has 1 nitrogen and oxygen atoms in total. The molecule has 0 radical (unpaired) electrons. The minimum Gasteiger partial charge on any atom is -0.381 e. The van der Waals surface area contributed by atoms with Crippen LogP contribution in [0.25, 0.3) is 0 Å². The van der Waals surface area contributed by atoms with E-state index in [2.05, 4.69) is 13.8 Å². The average molecular weight is 495 g/mol. The molecule has 0 atom stereocenters. The Hall–Kier alpha value is -0.0400. The molecule has 0 fully saturated rings. The maximum Gasteiger partial charge on any atom is 0.0466 e. The van der Waals surface area contributed by atoms with Gasteiger partial charge < -0.3 is 4.74 Å². The van der Waals surface area contributed by atoms with Crippen molar-refractivity contribution in [2.24, 2.45) is 0 Å². The van der Waals surface area contributed by atoms with Gasteiger partial charge in [0.1, 0.15) is 0 Å². The minimum atomic E-state index is 0.997. The van der Waals surface area contributed by atoms with E-state index in [4.69, 9.17) is 4.74 Å². The van der Waals surface area contributed by atoms with Crippen LogP contribution in [0.15, 0.2) is 0 Å². The summed E-state index contributed by atoms with van der Waals surface area (Å²) in [5.74, 6) is 0. The molecule has 0 unspecified atom stereocenters. The fourth-order valence-corrected chi connectivity index (χ4v) is 5.25. The largest absolute Gasteiger partial charge is 0.381 e. The molecule has 0 spiro atoms. The second-order valence-electron chi connectivity index (χ2n) is 11.5. The van der Waals surface area contributed by atoms with Crippen LogP contribution in [0.3, 0.4) is 0 Å². The van der Waals surface area contributed by atoms with Crippen LogP contribution in [-0.2, 0) is 4.74 Å². The Bertz CT molecular complexity index is 307. The molecule has 0 aliphatic rings. The molecule has 0 aliphatic carbocycles. The summed E-state index contributed by atoms with van der Waals surface area (Å²) in [6.45, 7) is 6.60. The lowest BCUT2D eigenvalue weighted by Crippen LogP contribution is -1.97. The van der Waals surface area contributed by atoms with Gasteiger partial charge in [0, 0.05) is 13.2 Å². The molecular formula is C34H70O. The summed E-state index contributed by atoms with van der Waals surface area (Å²) in [6.07, 6.45) is 43.0. The number of unbranched alkanes of at least 4 members (excludes halogenated alkanes) is 28. The van der Waals surface area contributed by atoms with Gasteiger partial charge in [-0.05, 0) is 12.8 Å². The van der Waals surface area contributed by atoms with E-state index in [1.165, 1.54) is 193 Å². The predicted molar refractivity (Wildman–Crippen MR) is 161 cm³/mol. The third kappa shape index (κ3) is 34.0. The molecule has 0 heterocycles. The SMILES string of the molecule is CCCCCCCCCCCCCCCCCCOCCCCCCCCCCCCCCCC. The van der Waals surface area contributed by atoms with Crippen LogP contribution in [0.5, 0.6) is 0 Å². The zero-order chi connectivity index (χ0) is 25.3. The number of rotatable bonds is 32. The first-order valence-electron chi connectivity index (χ1n) is 17.0. The van der Waals surface area contributed by atoms with Crippen molar-refractivity contribution in [2.75, 3.05) is 13.2 Å². The Labute approximate surface area is 224 Å². The maximum atomic E-state index is 5.86. The van der Waals surface area contributed by atoms with Crippen LogP contribution in [0.4, 0.5) is 0 Å². The van der Waals surface area contributed by atoms with Crippen LogP contribution in [-0.4, -0.2) is 13.2 Å². The molecule has 0 N–H and O–H groups in total. The lowest BCUT2D eigenvalue weighted by molar-refractivity contribution is 0.125. The first-order chi connectivity index (χ1) is 17.4. The van der Waals surface area contributed by atoms with Crippen LogP contribution >= 0.6 is 0 Å². The van der Waals surface area contributed by atoms with Gasteiger partial charge in [0.2, 0.25) is 0 Å². The van der Waals surface area contributed by atoms with E-state index in [1.54, 1.807) is 0 Å². The maximum absolute atomic E-state index is 5.86. The lowest BCUT2D eigenvalue weighted by atomic mass is 10.0. The van der Waals surface area contributed by atoms with Crippen molar-refractivity contribution in [2.45, 2.75) is 206 Å². The van der Waals surface area contributed by atoms with Gasteiger partial charge in [-0.1, -0.05) is 194 Å². The Kier molecular flexibility index (Phi) is 33.9. The second-order valence-corrected chi connectivity index (χ2v) is 11.5. The zero-order valence-electron chi connectivity index (χ0n) is 25.0. The van der Waals surface area contributed by atoms with Gasteiger partial charge in [-0.15, -0.1) is 0 Å². The minimum absolute atomic E-state index is 0.997. The Morgan fingerprint density at radius 2 is 0.400 bits per heavy atom. The van der Waals surface area contributed by atoms with Crippen molar-refractivity contribution in [3.05, 3.63) is 0 Å². The monoisotopic (exact) mass is 495 g/mol. The summed E-state index contributed by atoms with van der Waals surface area (Å²) in [4.78, 5) is 0. The molecule has 0 aromatic carbocycles. The standard InChI is InChI=1S/C34H70O/c1-3-5-7-9-11-13-15-17-19-20-22-24-26-28-30-32-34-35-33-31-29-27-25-23-21-18-16-14-12-10-8-6-4-2/h3-34H2,1-2H3. The lowest BCUT2D eigenvalue weighted by Gasteiger charge is -2.05. The van der Waals surface area contributed by atoms with Crippen LogP contribution in [0.1, 0.15) is 206 Å². The van der Waals surface area contributed by atoms with Crippen molar-refractivity contribution >= 4 is 0 Å². The molecule has 0 bridgehead atoms. The topological polar surface area (TPSA) is 9.23 Å². The van der Waals surface area contributed by atoms with Crippen molar-refractivity contribution in [3.63, 3.8) is 0 Å². The highest BCUT2D eigenvalue weighted by Crippen LogP contribution is 2.15. The Morgan fingerprint density at radius 3 is 0.600 bits per heavy atom. The molecule has 0 rings (SSSR count). The van der Waals surface area contributed by atoms with Crippen molar-refractivity contribution in [1.82, 2.24) is 0 Å². The zero-order valence-corrected chi connectivity index (χ0v) is 25.0. The van der Waals surface area contributed by atoms with Gasteiger partial charge in [0.05, 0.1) is 0 Å². The quantitative estimate of drug-likeness (QED) is 0.0844. The molecule has 0 saturated carbocycles. The highest BCUT2D eigenvalue weighted by Gasteiger charge is 1.97. The highest BCUT2D eigenvalue weighted by molar-refractivity contribution is 4.51. The van der Waals surface area contributed by atoms with Crippen LogP contribution in [0, 0.1) is 0 Å². The fraction of sp³-hybridized carbons (Fsp3) is 1.00. The van der Waals surface area contributed by atoms with Crippen LogP contribution in [0.2, 0.25) is 0 Å². The van der Waals surface area contributed by atoms with Gasteiger partial charge in [0.25, 0.3) is 0 Å². The molecule has 1 heteroatoms. The van der Waals surface area contributed by atoms with E-state index in [9.17, 15) is 0 Å². The summed E-state index contributed by atoms with van der Waals surface area (Å²) < 4.78 is 5.86. The van der Waals surface area contributed by atoms with Gasteiger partial charge >= 0.3 is 0 Å². The van der Waals surface area contributed by atoms with E-state index in [1.807, 2.05) is 0 Å². The van der Waals surface area contributed by atoms with Gasteiger partial charge in [-0.2, -0.15) is 0 Å². The predicted octanol–water partition coefficient (Wildman–Crippen LogP) is 12.7. The molecule has 212 valence electrons. The van der Waals surface area contributed by atoms with E-state index < -0.39 is 0 Å². The molecule has 0 aromatic rings. The number of ether oxygens (including phenoxy) is 1. The van der Waals surface area contributed by atoms with Crippen LogP contribution < -0.4 is 0 Å². The summed E-state index contributed by atoms with van der Waals surface area (Å²) in [7, 11) is 0.